The molecule has 0 unspecified atom stereocenters. The number of hydrogen-bond donors (Lipinski definition) is 3. The Morgan fingerprint density at radius 1 is 1.44 bits per heavy atom. The van der Waals surface area contributed by atoms with Crippen LogP contribution in [-0.2, 0) is 4.74 Å². The van der Waals surface area contributed by atoms with E-state index in [-0.39, 0.29) is 6.54 Å². The Morgan fingerprint density at radius 2 is 2.00 bits per heavy atom. The Hall–Kier alpha value is -0.850. The zero-order valence-corrected chi connectivity index (χ0v) is 9.75. The van der Waals surface area contributed by atoms with E-state index >= 15 is 0 Å². The lowest BCUT2D eigenvalue weighted by molar-refractivity contribution is 0.00187. The molecule has 1 aliphatic heterocycles. The van der Waals surface area contributed by atoms with Crippen molar-refractivity contribution in [3.8, 4) is 0 Å². The van der Waals surface area contributed by atoms with Gasteiger partial charge in [-0.1, -0.05) is 0 Å². The molecule has 1 rings (SSSR count). The Morgan fingerprint density at radius 3 is 2.44 bits per heavy atom. The summed E-state index contributed by atoms with van der Waals surface area (Å²) in [6.45, 7) is 4.74. The van der Waals surface area contributed by atoms with Crippen LogP contribution >= 0.6 is 0 Å². The van der Waals surface area contributed by atoms with Crippen LogP contribution in [0.5, 0.6) is 0 Å². The van der Waals surface area contributed by atoms with Gasteiger partial charge in [-0.15, -0.1) is 0 Å². The van der Waals surface area contributed by atoms with E-state index < -0.39 is 36.6 Å². The molecular formula is C10H19NO5. The summed E-state index contributed by atoms with van der Waals surface area (Å²) in [5.41, 5.74) is -0.643. The van der Waals surface area contributed by atoms with Crippen molar-refractivity contribution >= 4 is 6.09 Å². The average molecular weight is 233 g/mol. The second-order valence-electron chi connectivity index (χ2n) is 4.94. The van der Waals surface area contributed by atoms with Crippen LogP contribution in [0.15, 0.2) is 0 Å². The van der Waals surface area contributed by atoms with E-state index in [0.29, 0.717) is 0 Å². The van der Waals surface area contributed by atoms with Gasteiger partial charge in [0, 0.05) is 0 Å². The fraction of sp³-hybridized carbons (Fsp3) is 0.900. The van der Waals surface area contributed by atoms with Crippen LogP contribution in [0.4, 0.5) is 4.79 Å². The van der Waals surface area contributed by atoms with Crippen molar-refractivity contribution in [2.45, 2.75) is 44.6 Å². The molecule has 1 amide bonds. The van der Waals surface area contributed by atoms with E-state index in [1.54, 1.807) is 20.8 Å². The number of carbonyl (C=O) groups excluding carboxylic acids is 1. The average Bonchev–Trinajstić information content (AvgIpc) is 2.40. The van der Waals surface area contributed by atoms with Gasteiger partial charge in [-0.05, 0) is 20.8 Å². The number of amides is 1. The predicted octanol–water partition coefficient (Wildman–Crippen LogP) is -0.680. The number of ether oxygens (including phenoxy) is 1. The van der Waals surface area contributed by atoms with Crippen LogP contribution in [0.25, 0.3) is 0 Å². The second-order valence-corrected chi connectivity index (χ2v) is 4.94. The fourth-order valence-electron chi connectivity index (χ4n) is 1.62. The lowest BCUT2D eigenvalue weighted by Crippen LogP contribution is -2.44. The van der Waals surface area contributed by atoms with Gasteiger partial charge in [-0.25, -0.2) is 4.79 Å². The molecule has 16 heavy (non-hydrogen) atoms. The second kappa shape index (κ2) is 4.57. The first-order chi connectivity index (χ1) is 7.26. The summed E-state index contributed by atoms with van der Waals surface area (Å²) in [5.74, 6) is 0. The van der Waals surface area contributed by atoms with Gasteiger partial charge in [0.2, 0.25) is 0 Å². The molecule has 0 saturated carbocycles. The third-order valence-electron chi connectivity index (χ3n) is 2.39. The van der Waals surface area contributed by atoms with Gasteiger partial charge in [-0.2, -0.15) is 0 Å². The minimum Gasteiger partial charge on any atom is -0.444 e. The summed E-state index contributed by atoms with van der Waals surface area (Å²) < 4.78 is 5.10. The van der Waals surface area contributed by atoms with Gasteiger partial charge in [-0.3, -0.25) is 4.90 Å². The van der Waals surface area contributed by atoms with Crippen molar-refractivity contribution in [1.82, 2.24) is 4.90 Å². The van der Waals surface area contributed by atoms with Crippen LogP contribution in [0.1, 0.15) is 20.8 Å². The minimum absolute atomic E-state index is 0.0265. The summed E-state index contributed by atoms with van der Waals surface area (Å²) in [5, 5.41) is 28.0. The Bertz CT molecular complexity index is 262. The summed E-state index contributed by atoms with van der Waals surface area (Å²) in [6, 6.07) is -0.801. The fourth-order valence-corrected chi connectivity index (χ4v) is 1.62. The maximum atomic E-state index is 11.7. The van der Waals surface area contributed by atoms with Gasteiger partial charge in [0.05, 0.1) is 25.3 Å². The normalized spacial score (nSPS) is 30.6. The van der Waals surface area contributed by atoms with E-state index in [2.05, 4.69) is 0 Å². The van der Waals surface area contributed by atoms with Crippen molar-refractivity contribution in [1.29, 1.82) is 0 Å². The largest absolute Gasteiger partial charge is 0.444 e. The van der Waals surface area contributed by atoms with E-state index in [0.717, 1.165) is 4.90 Å². The van der Waals surface area contributed by atoms with Gasteiger partial charge in [0.1, 0.15) is 11.7 Å². The standard InChI is InChI=1S/C10H19NO5/c1-10(2,3)16-9(15)11-4-7(13)8(14)6(11)5-12/h6-8,12-14H,4-5H2,1-3H3/t6-,7+,8+/m1/s1. The molecule has 6 nitrogen and oxygen atoms in total. The maximum absolute atomic E-state index is 11.7. The molecule has 0 aromatic heterocycles. The highest BCUT2D eigenvalue weighted by atomic mass is 16.6. The number of aliphatic hydroxyl groups is 3. The molecule has 0 aliphatic carbocycles. The molecule has 94 valence electrons. The van der Waals surface area contributed by atoms with Crippen molar-refractivity contribution in [3.05, 3.63) is 0 Å². The lowest BCUT2D eigenvalue weighted by atomic mass is 10.1. The first-order valence-electron chi connectivity index (χ1n) is 5.23. The third kappa shape index (κ3) is 2.84. The smallest absolute Gasteiger partial charge is 0.410 e. The number of likely N-dealkylation sites (tertiary alicyclic amines) is 1. The Kier molecular flexibility index (Phi) is 3.77. The van der Waals surface area contributed by atoms with Crippen LogP contribution in [0.2, 0.25) is 0 Å². The molecule has 1 aliphatic rings. The molecule has 0 bridgehead atoms. The summed E-state index contributed by atoms with van der Waals surface area (Å²) >= 11 is 0. The van der Waals surface area contributed by atoms with E-state index in [1.165, 1.54) is 0 Å². The molecule has 0 aromatic carbocycles. The number of carbonyl (C=O) groups is 1. The van der Waals surface area contributed by atoms with Gasteiger partial charge >= 0.3 is 6.09 Å². The predicted molar refractivity (Wildman–Crippen MR) is 55.8 cm³/mol. The number of nitrogens with zero attached hydrogens (tertiary/aromatic N) is 1. The highest BCUT2D eigenvalue weighted by Crippen LogP contribution is 2.21. The lowest BCUT2D eigenvalue weighted by Gasteiger charge is -2.28. The SMILES string of the molecule is CC(C)(C)OC(=O)N1C[C@H](O)[C@@H](O)[C@H]1CO. The van der Waals surface area contributed by atoms with Crippen molar-refractivity contribution in [2.75, 3.05) is 13.2 Å². The highest BCUT2D eigenvalue weighted by Gasteiger charge is 2.43. The molecule has 0 spiro atoms. The van der Waals surface area contributed by atoms with Crippen LogP contribution in [-0.4, -0.2) is 63.3 Å². The number of rotatable bonds is 1. The maximum Gasteiger partial charge on any atom is 0.410 e. The van der Waals surface area contributed by atoms with Crippen molar-refractivity contribution in [2.24, 2.45) is 0 Å². The Balaban J connectivity index is 2.69. The molecular weight excluding hydrogens is 214 g/mol. The van der Waals surface area contributed by atoms with Crippen LogP contribution in [0.3, 0.4) is 0 Å². The summed E-state index contributed by atoms with van der Waals surface area (Å²) in [4.78, 5) is 12.8. The van der Waals surface area contributed by atoms with E-state index in [9.17, 15) is 15.0 Å². The highest BCUT2D eigenvalue weighted by molar-refractivity contribution is 5.69. The van der Waals surface area contributed by atoms with Gasteiger partial charge in [0.15, 0.2) is 0 Å². The molecule has 3 N–H and O–H groups in total. The summed E-state index contributed by atoms with van der Waals surface area (Å²) in [6.07, 6.45) is -2.80. The molecule has 0 radical (unpaired) electrons. The van der Waals surface area contributed by atoms with Gasteiger partial charge < -0.3 is 20.1 Å². The number of β-amino-alcohol motifs (C(OH)–C–C–N with tert-alkyl or cyclic N) is 1. The Labute approximate surface area is 94.4 Å². The molecule has 1 heterocycles. The molecule has 6 heteroatoms. The first-order valence-corrected chi connectivity index (χ1v) is 5.23. The third-order valence-corrected chi connectivity index (χ3v) is 2.39. The first kappa shape index (κ1) is 13.2. The van der Waals surface area contributed by atoms with Crippen molar-refractivity contribution in [3.63, 3.8) is 0 Å². The zero-order chi connectivity index (χ0) is 12.5. The molecule has 0 aromatic rings. The number of aliphatic hydroxyl groups excluding tert-OH is 3. The molecule has 1 fully saturated rings. The van der Waals surface area contributed by atoms with E-state index in [1.807, 2.05) is 0 Å². The van der Waals surface area contributed by atoms with Crippen LogP contribution in [0, 0.1) is 0 Å². The zero-order valence-electron chi connectivity index (χ0n) is 9.75. The monoisotopic (exact) mass is 233 g/mol. The van der Waals surface area contributed by atoms with Gasteiger partial charge in [0.25, 0.3) is 0 Å². The van der Waals surface area contributed by atoms with Crippen LogP contribution < -0.4 is 0 Å². The topological polar surface area (TPSA) is 90.2 Å². The van der Waals surface area contributed by atoms with Crippen molar-refractivity contribution < 1.29 is 24.9 Å². The molecule has 3 atom stereocenters. The quantitative estimate of drug-likeness (QED) is 0.558. The van der Waals surface area contributed by atoms with E-state index in [4.69, 9.17) is 9.84 Å². The molecule has 1 saturated heterocycles. The number of hydrogen-bond acceptors (Lipinski definition) is 5. The summed E-state index contributed by atoms with van der Waals surface area (Å²) in [7, 11) is 0. The minimum atomic E-state index is -1.13.